The minimum Gasteiger partial charge on any atom is -0.479 e. The Morgan fingerprint density at radius 3 is 2.41 bits per heavy atom. The number of nitrogens with zero attached hydrogens (tertiary/aromatic N) is 1. The van der Waals surface area contributed by atoms with Crippen LogP contribution in [0.2, 0.25) is 0 Å². The molecule has 1 aliphatic heterocycles. The monoisotopic (exact) mass is 241 g/mol. The second-order valence-corrected chi connectivity index (χ2v) is 5.22. The summed E-state index contributed by atoms with van der Waals surface area (Å²) >= 11 is 0. The van der Waals surface area contributed by atoms with Gasteiger partial charge in [-0.1, -0.05) is 6.92 Å². The molecule has 1 saturated carbocycles. The summed E-state index contributed by atoms with van der Waals surface area (Å²) in [6.45, 7) is 2.94. The van der Waals surface area contributed by atoms with E-state index in [1.165, 1.54) is 6.42 Å². The predicted octanol–water partition coefficient (Wildman–Crippen LogP) is 0.733. The number of rotatable bonds is 4. The van der Waals surface area contributed by atoms with Crippen LogP contribution in [0, 0.1) is 11.8 Å². The Labute approximate surface area is 101 Å². The van der Waals surface area contributed by atoms with Crippen LogP contribution in [0.5, 0.6) is 0 Å². The predicted molar refractivity (Wildman–Crippen MR) is 60.4 cm³/mol. The number of hydrogen-bond acceptors (Lipinski definition) is 3. The van der Waals surface area contributed by atoms with Crippen LogP contribution in [0.15, 0.2) is 0 Å². The Morgan fingerprint density at radius 2 is 1.94 bits per heavy atom. The Balaban J connectivity index is 1.81. The molecule has 1 N–H and O–H groups in total. The van der Waals surface area contributed by atoms with Crippen LogP contribution in [-0.4, -0.2) is 47.7 Å². The molecule has 0 aromatic carbocycles. The molecule has 0 spiro atoms. The van der Waals surface area contributed by atoms with Gasteiger partial charge >= 0.3 is 5.97 Å². The fourth-order valence-electron chi connectivity index (χ4n) is 2.34. The van der Waals surface area contributed by atoms with Gasteiger partial charge in [0.1, 0.15) is 6.10 Å². The zero-order chi connectivity index (χ0) is 12.6. The van der Waals surface area contributed by atoms with E-state index in [0.29, 0.717) is 24.7 Å². The zero-order valence-electron chi connectivity index (χ0n) is 10.3. The fourth-order valence-corrected chi connectivity index (χ4v) is 2.34. The van der Waals surface area contributed by atoms with Gasteiger partial charge in [0.15, 0.2) is 6.10 Å². The number of carboxylic acids is 1. The van der Waals surface area contributed by atoms with Crippen LogP contribution in [0.25, 0.3) is 0 Å². The molecule has 0 radical (unpaired) electrons. The third kappa shape index (κ3) is 2.77. The van der Waals surface area contributed by atoms with Crippen molar-refractivity contribution in [2.24, 2.45) is 11.8 Å². The average molecular weight is 241 g/mol. The molecule has 4 atom stereocenters. The lowest BCUT2D eigenvalue weighted by molar-refractivity contribution is -0.154. The lowest BCUT2D eigenvalue weighted by Crippen LogP contribution is -2.38. The third-order valence-electron chi connectivity index (χ3n) is 3.73. The standard InChI is InChI=1S/C12H19NO4/c1-7-5-8(7)6-13(2)11(14)9-3-4-10(17-9)12(15)16/h7-10H,3-6H2,1-2H3,(H,15,16)/t7?,8?,9-,10+/m0/s1. The van der Waals surface area contributed by atoms with Crippen LogP contribution in [0.3, 0.4) is 0 Å². The minimum absolute atomic E-state index is 0.0761. The van der Waals surface area contributed by atoms with E-state index < -0.39 is 18.2 Å². The van der Waals surface area contributed by atoms with E-state index in [-0.39, 0.29) is 5.91 Å². The quantitative estimate of drug-likeness (QED) is 0.788. The first-order valence-electron chi connectivity index (χ1n) is 6.12. The number of ether oxygens (including phenoxy) is 1. The summed E-state index contributed by atoms with van der Waals surface area (Å²) in [4.78, 5) is 24.4. The molecular formula is C12H19NO4. The number of amides is 1. The van der Waals surface area contributed by atoms with Gasteiger partial charge in [-0.15, -0.1) is 0 Å². The van der Waals surface area contributed by atoms with Gasteiger partial charge in [0.25, 0.3) is 5.91 Å². The van der Waals surface area contributed by atoms with Gasteiger partial charge in [-0.05, 0) is 31.1 Å². The highest BCUT2D eigenvalue weighted by molar-refractivity contribution is 5.82. The summed E-state index contributed by atoms with van der Waals surface area (Å²) in [5, 5.41) is 8.79. The summed E-state index contributed by atoms with van der Waals surface area (Å²) in [6, 6.07) is 0. The van der Waals surface area contributed by atoms with Gasteiger partial charge in [0.05, 0.1) is 0 Å². The van der Waals surface area contributed by atoms with Crippen molar-refractivity contribution >= 4 is 11.9 Å². The first-order valence-corrected chi connectivity index (χ1v) is 6.12. The third-order valence-corrected chi connectivity index (χ3v) is 3.73. The maximum Gasteiger partial charge on any atom is 0.332 e. The Kier molecular flexibility index (Phi) is 3.38. The smallest absolute Gasteiger partial charge is 0.332 e. The second-order valence-electron chi connectivity index (χ2n) is 5.22. The van der Waals surface area contributed by atoms with Gasteiger partial charge in [0, 0.05) is 13.6 Å². The summed E-state index contributed by atoms with van der Waals surface area (Å²) in [7, 11) is 1.77. The highest BCUT2D eigenvalue weighted by atomic mass is 16.5. The molecule has 2 fully saturated rings. The summed E-state index contributed by atoms with van der Waals surface area (Å²) in [5.41, 5.74) is 0. The van der Waals surface area contributed by atoms with Crippen molar-refractivity contribution in [3.63, 3.8) is 0 Å². The average Bonchev–Trinajstić information content (AvgIpc) is 2.82. The van der Waals surface area contributed by atoms with Crippen molar-refractivity contribution in [3.8, 4) is 0 Å². The molecular weight excluding hydrogens is 222 g/mol. The Morgan fingerprint density at radius 1 is 1.35 bits per heavy atom. The molecule has 96 valence electrons. The van der Waals surface area contributed by atoms with Crippen molar-refractivity contribution < 1.29 is 19.4 Å². The molecule has 17 heavy (non-hydrogen) atoms. The molecule has 5 heteroatoms. The van der Waals surface area contributed by atoms with Crippen LogP contribution >= 0.6 is 0 Å². The van der Waals surface area contributed by atoms with Gasteiger partial charge in [0.2, 0.25) is 0 Å². The van der Waals surface area contributed by atoms with E-state index in [1.54, 1.807) is 11.9 Å². The van der Waals surface area contributed by atoms with Crippen molar-refractivity contribution in [1.29, 1.82) is 0 Å². The largest absolute Gasteiger partial charge is 0.479 e. The molecule has 2 unspecified atom stereocenters. The van der Waals surface area contributed by atoms with Gasteiger partial charge < -0.3 is 14.7 Å². The molecule has 1 amide bonds. The van der Waals surface area contributed by atoms with Crippen LogP contribution in [0.4, 0.5) is 0 Å². The number of carbonyl (C=O) groups excluding carboxylic acids is 1. The number of hydrogen-bond donors (Lipinski definition) is 1. The van der Waals surface area contributed by atoms with Crippen molar-refractivity contribution in [3.05, 3.63) is 0 Å². The maximum atomic E-state index is 12.0. The number of carbonyl (C=O) groups is 2. The summed E-state index contributed by atoms with van der Waals surface area (Å²) in [5.74, 6) is 0.272. The SMILES string of the molecule is CC1CC1CN(C)C(=O)[C@@H]1CC[C@H](C(=O)O)O1. The van der Waals surface area contributed by atoms with E-state index >= 15 is 0 Å². The van der Waals surface area contributed by atoms with Gasteiger partial charge in [-0.2, -0.15) is 0 Å². The normalized spacial score (nSPS) is 35.6. The van der Waals surface area contributed by atoms with Gasteiger partial charge in [-0.3, -0.25) is 4.79 Å². The summed E-state index contributed by atoms with van der Waals surface area (Å²) < 4.78 is 5.24. The van der Waals surface area contributed by atoms with Crippen molar-refractivity contribution in [2.75, 3.05) is 13.6 Å². The Bertz CT molecular complexity index is 330. The molecule has 1 saturated heterocycles. The molecule has 1 aliphatic carbocycles. The van der Waals surface area contributed by atoms with E-state index in [1.807, 2.05) is 0 Å². The fraction of sp³-hybridized carbons (Fsp3) is 0.833. The molecule has 1 heterocycles. The lowest BCUT2D eigenvalue weighted by Gasteiger charge is -2.21. The van der Waals surface area contributed by atoms with Crippen LogP contribution in [0.1, 0.15) is 26.2 Å². The number of aliphatic carboxylic acids is 1. The highest BCUT2D eigenvalue weighted by Gasteiger charge is 2.39. The first-order chi connectivity index (χ1) is 7.99. The van der Waals surface area contributed by atoms with E-state index in [9.17, 15) is 9.59 Å². The summed E-state index contributed by atoms with van der Waals surface area (Å²) in [6.07, 6.45) is 0.757. The maximum absolute atomic E-state index is 12.0. The first kappa shape index (κ1) is 12.4. The highest BCUT2D eigenvalue weighted by Crippen LogP contribution is 2.38. The van der Waals surface area contributed by atoms with Crippen LogP contribution < -0.4 is 0 Å². The second kappa shape index (κ2) is 4.64. The van der Waals surface area contributed by atoms with Crippen LogP contribution in [-0.2, 0) is 14.3 Å². The van der Waals surface area contributed by atoms with Crippen molar-refractivity contribution in [2.45, 2.75) is 38.4 Å². The van der Waals surface area contributed by atoms with E-state index in [0.717, 1.165) is 6.54 Å². The topological polar surface area (TPSA) is 66.8 Å². The minimum atomic E-state index is -0.973. The number of carboxylic acid groups (broad SMARTS) is 1. The lowest BCUT2D eigenvalue weighted by atomic mass is 10.2. The molecule has 0 bridgehead atoms. The molecule has 2 aliphatic rings. The Hall–Kier alpha value is -1.10. The van der Waals surface area contributed by atoms with E-state index in [2.05, 4.69) is 6.92 Å². The zero-order valence-corrected chi connectivity index (χ0v) is 10.3. The molecule has 5 nitrogen and oxygen atoms in total. The van der Waals surface area contributed by atoms with E-state index in [4.69, 9.17) is 9.84 Å². The number of likely N-dealkylation sites (N-methyl/N-ethyl adjacent to an activating group) is 1. The van der Waals surface area contributed by atoms with Crippen molar-refractivity contribution in [1.82, 2.24) is 4.90 Å². The molecule has 0 aromatic heterocycles. The molecule has 0 aromatic rings. The molecule has 2 rings (SSSR count). The van der Waals surface area contributed by atoms with Gasteiger partial charge in [-0.25, -0.2) is 4.79 Å².